The molecular formula is C17H26N2O3S. The van der Waals surface area contributed by atoms with Gasteiger partial charge in [-0.15, -0.1) is 0 Å². The number of hydrogen-bond acceptors (Lipinski definition) is 3. The molecule has 5 nitrogen and oxygen atoms in total. The van der Waals surface area contributed by atoms with Crippen molar-refractivity contribution in [3.63, 3.8) is 0 Å². The summed E-state index contributed by atoms with van der Waals surface area (Å²) in [5.41, 5.74) is 0. The van der Waals surface area contributed by atoms with Crippen molar-refractivity contribution in [3.05, 3.63) is 30.3 Å². The molecule has 1 aromatic rings. The number of nitrogens with zero attached hydrogens (tertiary/aromatic N) is 1. The van der Waals surface area contributed by atoms with Crippen molar-refractivity contribution < 1.29 is 13.2 Å². The van der Waals surface area contributed by atoms with Crippen molar-refractivity contribution in [2.45, 2.75) is 44.6 Å². The fourth-order valence-corrected chi connectivity index (χ4v) is 4.17. The molecule has 0 bridgehead atoms. The second kappa shape index (κ2) is 7.45. The topological polar surface area (TPSA) is 66.5 Å². The second-order valence-electron chi connectivity index (χ2n) is 6.56. The molecule has 128 valence electrons. The van der Waals surface area contributed by atoms with Crippen LogP contribution in [0.5, 0.6) is 0 Å². The predicted molar refractivity (Wildman–Crippen MR) is 90.4 cm³/mol. The minimum Gasteiger partial charge on any atom is -0.353 e. The summed E-state index contributed by atoms with van der Waals surface area (Å²) in [6.45, 7) is 6.81. The molecule has 2 rings (SSSR count). The molecule has 1 saturated heterocycles. The highest BCUT2D eigenvalue weighted by Gasteiger charge is 2.33. The summed E-state index contributed by atoms with van der Waals surface area (Å²) in [6.07, 6.45) is 1.44. The molecule has 0 aromatic heterocycles. The normalized spacial score (nSPS) is 21.1. The lowest BCUT2D eigenvalue weighted by Crippen LogP contribution is -2.47. The van der Waals surface area contributed by atoms with Gasteiger partial charge in [0.1, 0.15) is 0 Å². The quantitative estimate of drug-likeness (QED) is 0.895. The molecule has 2 atom stereocenters. The number of benzene rings is 1. The molecule has 0 unspecified atom stereocenters. The van der Waals surface area contributed by atoms with E-state index in [2.05, 4.69) is 19.2 Å². The molecule has 1 aliphatic rings. The van der Waals surface area contributed by atoms with Crippen LogP contribution in [0.4, 0.5) is 0 Å². The molecule has 1 aliphatic heterocycles. The average molecular weight is 338 g/mol. The maximum absolute atomic E-state index is 12.7. The maximum Gasteiger partial charge on any atom is 0.243 e. The second-order valence-corrected chi connectivity index (χ2v) is 8.49. The Bertz CT molecular complexity index is 628. The minimum absolute atomic E-state index is 0.0424. The molecule has 0 aliphatic carbocycles. The van der Waals surface area contributed by atoms with Gasteiger partial charge in [0.25, 0.3) is 0 Å². The van der Waals surface area contributed by atoms with Crippen molar-refractivity contribution >= 4 is 15.9 Å². The number of hydrogen-bond donors (Lipinski definition) is 1. The van der Waals surface area contributed by atoms with Crippen LogP contribution in [-0.2, 0) is 14.8 Å². The van der Waals surface area contributed by atoms with Gasteiger partial charge in [-0.1, -0.05) is 32.0 Å². The molecule has 1 N–H and O–H groups in total. The third-order valence-corrected chi connectivity index (χ3v) is 6.39. The first-order chi connectivity index (χ1) is 10.8. The van der Waals surface area contributed by atoms with Gasteiger partial charge in [0.15, 0.2) is 0 Å². The third kappa shape index (κ3) is 4.32. The van der Waals surface area contributed by atoms with Gasteiger partial charge in [-0.25, -0.2) is 8.42 Å². The molecule has 1 fully saturated rings. The first-order valence-electron chi connectivity index (χ1n) is 8.18. The zero-order valence-corrected chi connectivity index (χ0v) is 14.8. The van der Waals surface area contributed by atoms with E-state index in [4.69, 9.17) is 0 Å². The number of sulfonamides is 1. The van der Waals surface area contributed by atoms with Crippen molar-refractivity contribution in [1.82, 2.24) is 9.62 Å². The Morgan fingerprint density at radius 2 is 1.87 bits per heavy atom. The third-order valence-electron chi connectivity index (χ3n) is 4.51. The van der Waals surface area contributed by atoms with Gasteiger partial charge in [0, 0.05) is 19.1 Å². The zero-order chi connectivity index (χ0) is 17.0. The lowest BCUT2D eigenvalue weighted by Gasteiger charge is -2.32. The molecule has 1 amide bonds. The number of carbonyl (C=O) groups is 1. The van der Waals surface area contributed by atoms with Gasteiger partial charge in [0.2, 0.25) is 15.9 Å². The van der Waals surface area contributed by atoms with Crippen LogP contribution in [-0.4, -0.2) is 37.8 Å². The van der Waals surface area contributed by atoms with E-state index in [1.165, 1.54) is 4.31 Å². The molecule has 1 aromatic carbocycles. The summed E-state index contributed by atoms with van der Waals surface area (Å²) in [4.78, 5) is 12.7. The summed E-state index contributed by atoms with van der Waals surface area (Å²) in [6, 6.07) is 8.50. The SMILES string of the molecule is CC(C)[C@@H](C)NC(=O)[C@@H]1CCCN(S(=O)(=O)c2ccccc2)C1. The molecule has 0 saturated carbocycles. The number of nitrogens with one attached hydrogen (secondary N) is 1. The standard InChI is InChI=1S/C17H26N2O3S/c1-13(2)14(3)18-17(20)15-8-7-11-19(12-15)23(21,22)16-9-5-4-6-10-16/h4-6,9-10,13-15H,7-8,11-12H2,1-3H3,(H,18,20)/t14-,15-/m1/s1. The molecule has 1 heterocycles. The monoisotopic (exact) mass is 338 g/mol. The van der Waals surface area contributed by atoms with Gasteiger partial charge in [-0.2, -0.15) is 4.31 Å². The van der Waals surface area contributed by atoms with E-state index in [1.54, 1.807) is 30.3 Å². The van der Waals surface area contributed by atoms with Crippen LogP contribution < -0.4 is 5.32 Å². The zero-order valence-electron chi connectivity index (χ0n) is 14.0. The molecular weight excluding hydrogens is 312 g/mol. The smallest absolute Gasteiger partial charge is 0.243 e. The number of piperidine rings is 1. The first kappa shape index (κ1) is 17.9. The molecule has 0 radical (unpaired) electrons. The number of amides is 1. The van der Waals surface area contributed by atoms with E-state index in [0.717, 1.165) is 6.42 Å². The Labute approximate surface area is 139 Å². The van der Waals surface area contributed by atoms with Crippen LogP contribution in [0.3, 0.4) is 0 Å². The highest BCUT2D eigenvalue weighted by atomic mass is 32.2. The van der Waals surface area contributed by atoms with E-state index in [1.807, 2.05) is 6.92 Å². The van der Waals surface area contributed by atoms with Gasteiger partial charge in [-0.05, 0) is 37.8 Å². The summed E-state index contributed by atoms with van der Waals surface area (Å²) in [5.74, 6) is 0.0364. The predicted octanol–water partition coefficient (Wildman–Crippen LogP) is 2.25. The van der Waals surface area contributed by atoms with Crippen LogP contribution >= 0.6 is 0 Å². The van der Waals surface area contributed by atoms with Crippen molar-refractivity contribution in [1.29, 1.82) is 0 Å². The Balaban J connectivity index is 2.08. The highest BCUT2D eigenvalue weighted by molar-refractivity contribution is 7.89. The fourth-order valence-electron chi connectivity index (χ4n) is 2.63. The Kier molecular flexibility index (Phi) is 5.81. The fraction of sp³-hybridized carbons (Fsp3) is 0.588. The van der Waals surface area contributed by atoms with E-state index >= 15 is 0 Å². The van der Waals surface area contributed by atoms with Gasteiger partial charge in [0.05, 0.1) is 10.8 Å². The van der Waals surface area contributed by atoms with Gasteiger partial charge >= 0.3 is 0 Å². The van der Waals surface area contributed by atoms with Crippen LogP contribution in [0.25, 0.3) is 0 Å². The van der Waals surface area contributed by atoms with Crippen LogP contribution in [0.1, 0.15) is 33.6 Å². The number of rotatable bonds is 5. The lowest BCUT2D eigenvalue weighted by atomic mass is 9.97. The Morgan fingerprint density at radius 3 is 2.48 bits per heavy atom. The summed E-state index contributed by atoms with van der Waals surface area (Å²) in [7, 11) is -3.52. The van der Waals surface area contributed by atoms with Gasteiger partial charge < -0.3 is 5.32 Å². The van der Waals surface area contributed by atoms with E-state index < -0.39 is 10.0 Å². The minimum atomic E-state index is -3.52. The van der Waals surface area contributed by atoms with Crippen LogP contribution in [0.15, 0.2) is 35.2 Å². The largest absolute Gasteiger partial charge is 0.353 e. The average Bonchev–Trinajstić information content (AvgIpc) is 2.55. The summed E-state index contributed by atoms with van der Waals surface area (Å²) >= 11 is 0. The summed E-state index contributed by atoms with van der Waals surface area (Å²) in [5, 5.41) is 3.00. The number of carbonyl (C=O) groups excluding carboxylic acids is 1. The Morgan fingerprint density at radius 1 is 1.22 bits per heavy atom. The first-order valence-corrected chi connectivity index (χ1v) is 9.62. The lowest BCUT2D eigenvalue weighted by molar-refractivity contribution is -0.127. The van der Waals surface area contributed by atoms with Crippen LogP contribution in [0, 0.1) is 11.8 Å². The maximum atomic E-state index is 12.7. The molecule has 0 spiro atoms. The highest BCUT2D eigenvalue weighted by Crippen LogP contribution is 2.24. The van der Waals surface area contributed by atoms with Crippen molar-refractivity contribution in [3.8, 4) is 0 Å². The Hall–Kier alpha value is -1.40. The van der Waals surface area contributed by atoms with Gasteiger partial charge in [-0.3, -0.25) is 4.79 Å². The van der Waals surface area contributed by atoms with Crippen molar-refractivity contribution in [2.75, 3.05) is 13.1 Å². The van der Waals surface area contributed by atoms with E-state index in [9.17, 15) is 13.2 Å². The van der Waals surface area contributed by atoms with E-state index in [-0.39, 0.29) is 29.3 Å². The molecule has 6 heteroatoms. The van der Waals surface area contributed by atoms with E-state index in [0.29, 0.717) is 18.9 Å². The van der Waals surface area contributed by atoms with Crippen molar-refractivity contribution in [2.24, 2.45) is 11.8 Å². The van der Waals surface area contributed by atoms with Crippen LogP contribution in [0.2, 0.25) is 0 Å². The summed E-state index contributed by atoms with van der Waals surface area (Å²) < 4.78 is 26.8. The molecule has 23 heavy (non-hydrogen) atoms.